The number of hydrogen-bond acceptors (Lipinski definition) is 9. The van der Waals surface area contributed by atoms with Crippen LogP contribution in [0.4, 0.5) is 0 Å². The SMILES string of the molecule is CC(C)(C)CC(C)(C)c1ccc(O)c(-n2nc3ccccc3n2)c1.COc1cc(O)c(C(=O)c2ccccc2)cc1Cc1cc(C(=O)c2ccccc2)c(O)cc1OC. The van der Waals surface area contributed by atoms with Gasteiger partial charge < -0.3 is 24.8 Å². The van der Waals surface area contributed by atoms with Gasteiger partial charge in [-0.25, -0.2) is 0 Å². The predicted octanol–water partition coefficient (Wildman–Crippen LogP) is 10.0. The Bertz CT molecular complexity index is 2470. The molecule has 10 heteroatoms. The van der Waals surface area contributed by atoms with Crippen LogP contribution in [0.3, 0.4) is 0 Å². The average molecular weight is 792 g/mol. The molecule has 0 spiro atoms. The Morgan fingerprint density at radius 1 is 0.576 bits per heavy atom. The van der Waals surface area contributed by atoms with Crippen molar-refractivity contribution in [3.63, 3.8) is 0 Å². The molecule has 0 radical (unpaired) electrons. The summed E-state index contributed by atoms with van der Waals surface area (Å²) in [5.74, 6) is -0.120. The molecule has 0 fully saturated rings. The molecule has 0 saturated heterocycles. The maximum Gasteiger partial charge on any atom is 0.196 e. The first-order valence-corrected chi connectivity index (χ1v) is 19.2. The summed E-state index contributed by atoms with van der Waals surface area (Å²) >= 11 is 0. The van der Waals surface area contributed by atoms with Gasteiger partial charge >= 0.3 is 0 Å². The number of aromatic nitrogens is 3. The Morgan fingerprint density at radius 3 is 1.44 bits per heavy atom. The van der Waals surface area contributed by atoms with E-state index in [1.54, 1.807) is 66.7 Å². The van der Waals surface area contributed by atoms with Crippen molar-refractivity contribution in [2.75, 3.05) is 14.2 Å². The van der Waals surface area contributed by atoms with Crippen molar-refractivity contribution in [2.45, 2.75) is 52.9 Å². The van der Waals surface area contributed by atoms with Gasteiger partial charge in [-0.05, 0) is 70.3 Å². The standard InChI is InChI=1S/C29H24O6.C20H25N3O/c1-34-26-16-24(30)22(28(32)18-9-5-3-6-10-18)14-20(26)13-21-15-23(25(31)17-27(21)35-2)29(33)19-11-7-4-8-12-19;1-19(2,3)13-20(4,5)14-10-11-18(24)17(12-14)23-21-15-8-6-7-9-16(15)22-23/h3-12,14-17,30-31H,13H2,1-2H3;6-12,24H,13H2,1-5H3. The molecule has 7 rings (SSSR count). The van der Waals surface area contributed by atoms with Gasteiger partial charge in [0.25, 0.3) is 0 Å². The minimum atomic E-state index is -0.329. The van der Waals surface area contributed by atoms with Gasteiger partial charge in [0.05, 0.1) is 25.3 Å². The molecule has 59 heavy (non-hydrogen) atoms. The summed E-state index contributed by atoms with van der Waals surface area (Å²) in [4.78, 5) is 27.6. The topological polar surface area (TPSA) is 144 Å². The van der Waals surface area contributed by atoms with Crippen molar-refractivity contribution in [2.24, 2.45) is 5.41 Å². The molecule has 0 aliphatic carbocycles. The highest BCUT2D eigenvalue weighted by molar-refractivity contribution is 6.11. The van der Waals surface area contributed by atoms with Crippen molar-refractivity contribution in [1.82, 2.24) is 15.0 Å². The maximum atomic E-state index is 13.0. The van der Waals surface area contributed by atoms with Gasteiger partial charge in [0, 0.05) is 29.7 Å². The lowest BCUT2D eigenvalue weighted by molar-refractivity contribution is 0.102. The molecule has 0 atom stereocenters. The van der Waals surface area contributed by atoms with Gasteiger partial charge in [-0.1, -0.05) is 113 Å². The highest BCUT2D eigenvalue weighted by Gasteiger charge is 2.28. The molecule has 1 heterocycles. The molecule has 10 nitrogen and oxygen atoms in total. The van der Waals surface area contributed by atoms with Gasteiger partial charge in [0.15, 0.2) is 11.6 Å². The van der Waals surface area contributed by atoms with Crippen LogP contribution in [0, 0.1) is 5.41 Å². The summed E-state index contributed by atoms with van der Waals surface area (Å²) in [6, 6.07) is 36.7. The smallest absolute Gasteiger partial charge is 0.196 e. The molecular weight excluding hydrogens is 743 g/mol. The first kappa shape index (κ1) is 41.7. The van der Waals surface area contributed by atoms with Crippen LogP contribution < -0.4 is 9.47 Å². The number of ether oxygens (including phenoxy) is 2. The summed E-state index contributed by atoms with van der Waals surface area (Å²) in [6.45, 7) is 11.2. The van der Waals surface area contributed by atoms with Crippen LogP contribution >= 0.6 is 0 Å². The highest BCUT2D eigenvalue weighted by atomic mass is 16.5. The Labute approximate surface area is 344 Å². The van der Waals surface area contributed by atoms with E-state index in [1.807, 2.05) is 48.5 Å². The lowest BCUT2D eigenvalue weighted by atomic mass is 9.72. The van der Waals surface area contributed by atoms with Crippen molar-refractivity contribution in [1.29, 1.82) is 0 Å². The van der Waals surface area contributed by atoms with Gasteiger partial charge in [-0.3, -0.25) is 9.59 Å². The van der Waals surface area contributed by atoms with E-state index in [1.165, 1.54) is 36.7 Å². The van der Waals surface area contributed by atoms with E-state index < -0.39 is 0 Å². The van der Waals surface area contributed by atoms with Crippen LogP contribution in [-0.2, 0) is 11.8 Å². The molecule has 0 aliphatic heterocycles. The lowest BCUT2D eigenvalue weighted by Gasteiger charge is -2.33. The minimum Gasteiger partial charge on any atom is -0.507 e. The van der Waals surface area contributed by atoms with E-state index in [-0.39, 0.29) is 57.2 Å². The number of ketones is 2. The average Bonchev–Trinajstić information content (AvgIpc) is 3.65. The van der Waals surface area contributed by atoms with E-state index in [9.17, 15) is 24.9 Å². The fourth-order valence-electron chi connectivity index (χ4n) is 7.44. The molecule has 0 aliphatic rings. The van der Waals surface area contributed by atoms with Crippen LogP contribution in [0.2, 0.25) is 0 Å². The number of nitrogens with zero attached hydrogens (tertiary/aromatic N) is 3. The number of hydrogen-bond donors (Lipinski definition) is 3. The Balaban J connectivity index is 0.000000213. The molecule has 0 unspecified atom stereocenters. The second-order valence-electron chi connectivity index (χ2n) is 16.2. The van der Waals surface area contributed by atoms with E-state index in [0.717, 1.165) is 17.5 Å². The van der Waals surface area contributed by atoms with Crippen molar-refractivity contribution in [3.8, 4) is 34.4 Å². The summed E-state index contributed by atoms with van der Waals surface area (Å²) in [7, 11) is 2.94. The first-order chi connectivity index (χ1) is 28.1. The summed E-state index contributed by atoms with van der Waals surface area (Å²) in [6.07, 6.45) is 1.26. The number of phenols is 3. The van der Waals surface area contributed by atoms with Crippen LogP contribution in [0.25, 0.3) is 16.7 Å². The van der Waals surface area contributed by atoms with Gasteiger partial charge in [0.1, 0.15) is 45.5 Å². The molecule has 0 amide bonds. The Kier molecular flexibility index (Phi) is 12.2. The van der Waals surface area contributed by atoms with Crippen LogP contribution in [0.15, 0.2) is 127 Å². The quantitative estimate of drug-likeness (QED) is 0.109. The van der Waals surface area contributed by atoms with Gasteiger partial charge in [-0.2, -0.15) is 0 Å². The molecule has 1 aromatic heterocycles. The largest absolute Gasteiger partial charge is 0.507 e. The first-order valence-electron chi connectivity index (χ1n) is 19.2. The Hall–Kier alpha value is -6.94. The third kappa shape index (κ3) is 9.61. The molecule has 0 saturated carbocycles. The number of fused-ring (bicyclic) bond motifs is 1. The molecule has 6 aromatic carbocycles. The highest BCUT2D eigenvalue weighted by Crippen LogP contribution is 2.39. The third-order valence-corrected chi connectivity index (χ3v) is 9.97. The van der Waals surface area contributed by atoms with Crippen molar-refractivity contribution >= 4 is 22.6 Å². The minimum absolute atomic E-state index is 0.00667. The number of aromatic hydroxyl groups is 3. The van der Waals surface area contributed by atoms with E-state index >= 15 is 0 Å². The number of carbonyl (C=O) groups is 2. The zero-order valence-corrected chi connectivity index (χ0v) is 34.4. The monoisotopic (exact) mass is 791 g/mol. The molecule has 0 bridgehead atoms. The number of rotatable bonds is 11. The van der Waals surface area contributed by atoms with E-state index in [0.29, 0.717) is 39.4 Å². The van der Waals surface area contributed by atoms with Gasteiger partial charge in [0.2, 0.25) is 0 Å². The fraction of sp³-hybridized carbons (Fsp3) is 0.224. The van der Waals surface area contributed by atoms with Crippen molar-refractivity contribution < 1.29 is 34.4 Å². The number of methoxy groups -OCH3 is 2. The molecule has 302 valence electrons. The summed E-state index contributed by atoms with van der Waals surface area (Å²) in [5.41, 5.74) is 5.99. The fourth-order valence-corrected chi connectivity index (χ4v) is 7.44. The molecule has 3 N–H and O–H groups in total. The normalized spacial score (nSPS) is 11.4. The second-order valence-corrected chi connectivity index (χ2v) is 16.2. The summed E-state index contributed by atoms with van der Waals surface area (Å²) in [5, 5.41) is 40.3. The summed E-state index contributed by atoms with van der Waals surface area (Å²) < 4.78 is 10.9. The number of carbonyl (C=O) groups excluding carboxylic acids is 2. The lowest BCUT2D eigenvalue weighted by Crippen LogP contribution is -2.25. The van der Waals surface area contributed by atoms with E-state index in [4.69, 9.17) is 9.47 Å². The number of phenolic OH excluding ortho intramolecular Hbond substituents is 3. The van der Waals surface area contributed by atoms with Crippen molar-refractivity contribution in [3.05, 3.63) is 166 Å². The predicted molar refractivity (Wildman–Crippen MR) is 230 cm³/mol. The van der Waals surface area contributed by atoms with E-state index in [2.05, 4.69) is 44.8 Å². The maximum absolute atomic E-state index is 13.0. The molecular formula is C49H49N3O7. The van der Waals surface area contributed by atoms with Crippen LogP contribution in [-0.4, -0.2) is 56.1 Å². The zero-order valence-electron chi connectivity index (χ0n) is 34.4. The third-order valence-electron chi connectivity index (χ3n) is 9.97. The zero-order chi connectivity index (χ0) is 42.5. The van der Waals surface area contributed by atoms with Crippen LogP contribution in [0.1, 0.15) is 89.6 Å². The van der Waals surface area contributed by atoms with Crippen LogP contribution in [0.5, 0.6) is 28.7 Å². The second kappa shape index (κ2) is 17.3. The molecule has 7 aromatic rings. The van der Waals surface area contributed by atoms with Gasteiger partial charge in [-0.15, -0.1) is 15.0 Å². The Morgan fingerprint density at radius 2 is 1.02 bits per heavy atom. The number of benzene rings is 6.